The van der Waals surface area contributed by atoms with Gasteiger partial charge in [0.2, 0.25) is 0 Å². The zero-order valence-electron chi connectivity index (χ0n) is 10.3. The SMILES string of the molecule is CCCCOC(=O)c1nc(N)cc2ccccc12. The summed E-state index contributed by atoms with van der Waals surface area (Å²) in [5, 5.41) is 1.67. The number of ether oxygens (including phenoxy) is 1. The lowest BCUT2D eigenvalue weighted by molar-refractivity contribution is 0.0495. The first-order chi connectivity index (χ1) is 8.72. The molecule has 0 radical (unpaired) electrons. The number of carbonyl (C=O) groups excluding carboxylic acids is 1. The van der Waals surface area contributed by atoms with Gasteiger partial charge in [0, 0.05) is 5.39 Å². The second-order valence-electron chi connectivity index (χ2n) is 4.11. The molecule has 0 aliphatic carbocycles. The van der Waals surface area contributed by atoms with Crippen LogP contribution in [0, 0.1) is 0 Å². The number of nitrogen functional groups attached to an aromatic ring is 1. The summed E-state index contributed by atoms with van der Waals surface area (Å²) < 4.78 is 5.17. The average Bonchev–Trinajstić information content (AvgIpc) is 2.38. The molecule has 0 atom stereocenters. The van der Waals surface area contributed by atoms with Crippen molar-refractivity contribution in [1.82, 2.24) is 4.98 Å². The van der Waals surface area contributed by atoms with E-state index in [1.54, 1.807) is 6.07 Å². The highest BCUT2D eigenvalue weighted by atomic mass is 16.5. The fourth-order valence-corrected chi connectivity index (χ4v) is 1.75. The molecule has 0 spiro atoms. The molecular formula is C14H16N2O2. The van der Waals surface area contributed by atoms with Crippen LogP contribution < -0.4 is 5.73 Å². The molecule has 94 valence electrons. The summed E-state index contributed by atoms with van der Waals surface area (Å²) in [6.45, 7) is 2.46. The third kappa shape index (κ3) is 2.59. The van der Waals surface area contributed by atoms with Crippen LogP contribution in [0.4, 0.5) is 5.82 Å². The molecule has 0 aliphatic rings. The van der Waals surface area contributed by atoms with Crippen molar-refractivity contribution in [3.63, 3.8) is 0 Å². The van der Waals surface area contributed by atoms with Gasteiger partial charge in [-0.05, 0) is 17.9 Å². The molecule has 1 aromatic heterocycles. The Kier molecular flexibility index (Phi) is 3.77. The van der Waals surface area contributed by atoms with Crippen molar-refractivity contribution in [2.75, 3.05) is 12.3 Å². The van der Waals surface area contributed by atoms with Gasteiger partial charge in [0.05, 0.1) is 6.61 Å². The maximum absolute atomic E-state index is 11.9. The summed E-state index contributed by atoms with van der Waals surface area (Å²) in [6.07, 6.45) is 1.84. The second kappa shape index (κ2) is 5.49. The highest BCUT2D eigenvalue weighted by molar-refractivity contribution is 6.03. The van der Waals surface area contributed by atoms with E-state index in [1.165, 1.54) is 0 Å². The second-order valence-corrected chi connectivity index (χ2v) is 4.11. The Morgan fingerprint density at radius 2 is 2.17 bits per heavy atom. The monoisotopic (exact) mass is 244 g/mol. The summed E-state index contributed by atoms with van der Waals surface area (Å²) in [6, 6.07) is 9.25. The van der Waals surface area contributed by atoms with E-state index in [-0.39, 0.29) is 0 Å². The van der Waals surface area contributed by atoms with Crippen LogP contribution in [-0.2, 0) is 4.74 Å². The molecule has 4 heteroatoms. The normalized spacial score (nSPS) is 10.5. The maximum Gasteiger partial charge on any atom is 0.357 e. The molecule has 0 unspecified atom stereocenters. The lowest BCUT2D eigenvalue weighted by atomic mass is 10.1. The van der Waals surface area contributed by atoms with Crippen molar-refractivity contribution in [3.8, 4) is 0 Å². The van der Waals surface area contributed by atoms with Crippen LogP contribution in [-0.4, -0.2) is 17.6 Å². The first-order valence-corrected chi connectivity index (χ1v) is 6.04. The molecule has 0 bridgehead atoms. The minimum Gasteiger partial charge on any atom is -0.461 e. The van der Waals surface area contributed by atoms with Crippen LogP contribution in [0.15, 0.2) is 30.3 Å². The lowest BCUT2D eigenvalue weighted by Crippen LogP contribution is -2.10. The highest BCUT2D eigenvalue weighted by Crippen LogP contribution is 2.20. The van der Waals surface area contributed by atoms with E-state index in [0.717, 1.165) is 23.6 Å². The largest absolute Gasteiger partial charge is 0.461 e. The van der Waals surface area contributed by atoms with Gasteiger partial charge in [0.25, 0.3) is 0 Å². The summed E-state index contributed by atoms with van der Waals surface area (Å²) in [5.74, 6) is -0.0805. The molecule has 2 N–H and O–H groups in total. The first kappa shape index (κ1) is 12.4. The number of aromatic nitrogens is 1. The van der Waals surface area contributed by atoms with Gasteiger partial charge in [0.15, 0.2) is 5.69 Å². The van der Waals surface area contributed by atoms with E-state index in [9.17, 15) is 4.79 Å². The van der Waals surface area contributed by atoms with Gasteiger partial charge < -0.3 is 10.5 Å². The van der Waals surface area contributed by atoms with Gasteiger partial charge >= 0.3 is 5.97 Å². The van der Waals surface area contributed by atoms with E-state index < -0.39 is 5.97 Å². The van der Waals surface area contributed by atoms with Crippen molar-refractivity contribution in [2.24, 2.45) is 0 Å². The number of hydrogen-bond acceptors (Lipinski definition) is 4. The molecular weight excluding hydrogens is 228 g/mol. The number of pyridine rings is 1. The minimum atomic E-state index is -0.410. The first-order valence-electron chi connectivity index (χ1n) is 6.04. The molecule has 18 heavy (non-hydrogen) atoms. The smallest absolute Gasteiger partial charge is 0.357 e. The zero-order valence-corrected chi connectivity index (χ0v) is 10.3. The van der Waals surface area contributed by atoms with Gasteiger partial charge in [-0.3, -0.25) is 0 Å². The summed E-state index contributed by atoms with van der Waals surface area (Å²) in [4.78, 5) is 16.0. The minimum absolute atomic E-state index is 0.293. The summed E-state index contributed by atoms with van der Waals surface area (Å²) in [7, 11) is 0. The molecule has 0 aliphatic heterocycles. The number of rotatable bonds is 4. The molecule has 0 fully saturated rings. The molecule has 1 aromatic carbocycles. The van der Waals surface area contributed by atoms with Crippen molar-refractivity contribution >= 4 is 22.6 Å². The Bertz CT molecular complexity index is 567. The highest BCUT2D eigenvalue weighted by Gasteiger charge is 2.14. The summed E-state index contributed by atoms with van der Waals surface area (Å²) >= 11 is 0. The number of unbranched alkanes of at least 4 members (excludes halogenated alkanes) is 1. The topological polar surface area (TPSA) is 65.2 Å². The molecule has 0 amide bonds. The van der Waals surface area contributed by atoms with Crippen LogP contribution >= 0.6 is 0 Å². The van der Waals surface area contributed by atoms with E-state index in [4.69, 9.17) is 10.5 Å². The number of carbonyl (C=O) groups is 1. The van der Waals surface area contributed by atoms with E-state index >= 15 is 0 Å². The van der Waals surface area contributed by atoms with Gasteiger partial charge in [0.1, 0.15) is 5.82 Å². The maximum atomic E-state index is 11.9. The van der Waals surface area contributed by atoms with Gasteiger partial charge in [-0.15, -0.1) is 0 Å². The van der Waals surface area contributed by atoms with Crippen molar-refractivity contribution in [1.29, 1.82) is 0 Å². The predicted molar refractivity (Wildman–Crippen MR) is 71.3 cm³/mol. The van der Waals surface area contributed by atoms with E-state index in [2.05, 4.69) is 4.98 Å². The molecule has 2 rings (SSSR count). The number of benzene rings is 1. The molecule has 0 saturated heterocycles. The predicted octanol–water partition coefficient (Wildman–Crippen LogP) is 2.77. The quantitative estimate of drug-likeness (QED) is 0.663. The Morgan fingerprint density at radius 3 is 2.94 bits per heavy atom. The zero-order chi connectivity index (χ0) is 13.0. The third-order valence-electron chi connectivity index (χ3n) is 2.68. The number of anilines is 1. The Labute approximate surface area is 106 Å². The van der Waals surface area contributed by atoms with Crippen molar-refractivity contribution in [2.45, 2.75) is 19.8 Å². The number of hydrogen-bond donors (Lipinski definition) is 1. The number of fused-ring (bicyclic) bond motifs is 1. The Hall–Kier alpha value is -2.10. The average molecular weight is 244 g/mol. The Morgan fingerprint density at radius 1 is 1.39 bits per heavy atom. The van der Waals surface area contributed by atoms with Crippen molar-refractivity contribution in [3.05, 3.63) is 36.0 Å². The number of nitrogens with zero attached hydrogens (tertiary/aromatic N) is 1. The van der Waals surface area contributed by atoms with Crippen LogP contribution in [0.1, 0.15) is 30.3 Å². The Balaban J connectivity index is 2.34. The van der Waals surface area contributed by atoms with Gasteiger partial charge in [-0.2, -0.15) is 0 Å². The van der Waals surface area contributed by atoms with E-state index in [1.807, 2.05) is 31.2 Å². The number of nitrogens with two attached hydrogens (primary N) is 1. The number of esters is 1. The van der Waals surface area contributed by atoms with Gasteiger partial charge in [-0.1, -0.05) is 37.6 Å². The van der Waals surface area contributed by atoms with Crippen LogP contribution in [0.2, 0.25) is 0 Å². The van der Waals surface area contributed by atoms with E-state index in [0.29, 0.717) is 18.1 Å². The van der Waals surface area contributed by atoms with Crippen molar-refractivity contribution < 1.29 is 9.53 Å². The fraction of sp³-hybridized carbons (Fsp3) is 0.286. The molecule has 0 saturated carbocycles. The lowest BCUT2D eigenvalue weighted by Gasteiger charge is -2.07. The summed E-state index contributed by atoms with van der Waals surface area (Å²) in [5.41, 5.74) is 5.99. The van der Waals surface area contributed by atoms with Gasteiger partial charge in [-0.25, -0.2) is 9.78 Å². The molecule has 2 aromatic rings. The standard InChI is InChI=1S/C14H16N2O2/c1-2-3-8-18-14(17)13-11-7-5-4-6-10(11)9-12(15)16-13/h4-7,9H,2-3,8H2,1H3,(H2,15,16). The van der Waals surface area contributed by atoms with Crippen LogP contribution in [0.3, 0.4) is 0 Å². The molecule has 1 heterocycles. The fourth-order valence-electron chi connectivity index (χ4n) is 1.75. The van der Waals surface area contributed by atoms with Crippen LogP contribution in [0.5, 0.6) is 0 Å². The molecule has 4 nitrogen and oxygen atoms in total. The van der Waals surface area contributed by atoms with Crippen LogP contribution in [0.25, 0.3) is 10.8 Å². The third-order valence-corrected chi connectivity index (χ3v) is 2.68.